The second-order valence-corrected chi connectivity index (χ2v) is 9.03. The SMILES string of the molecule is Cc1ccccc1CN(c1ccc(C#N)c(Cl)c1)[C@H]1CCN(Cc2cccs2)C1. The molecule has 1 aromatic heterocycles. The maximum Gasteiger partial charge on any atom is 0.101 e. The normalized spacial score (nSPS) is 16.7. The highest BCUT2D eigenvalue weighted by molar-refractivity contribution is 7.09. The summed E-state index contributed by atoms with van der Waals surface area (Å²) in [5.74, 6) is 0. The van der Waals surface area contributed by atoms with Crippen LogP contribution in [0.1, 0.15) is 28.0 Å². The van der Waals surface area contributed by atoms with Crippen molar-refractivity contribution in [3.8, 4) is 6.07 Å². The number of nitriles is 1. The van der Waals surface area contributed by atoms with Crippen LogP contribution in [0.3, 0.4) is 0 Å². The highest BCUT2D eigenvalue weighted by atomic mass is 35.5. The average Bonchev–Trinajstić information content (AvgIpc) is 3.40. The smallest absolute Gasteiger partial charge is 0.101 e. The van der Waals surface area contributed by atoms with E-state index in [1.165, 1.54) is 16.0 Å². The second-order valence-electron chi connectivity index (χ2n) is 7.59. The molecule has 0 spiro atoms. The van der Waals surface area contributed by atoms with E-state index in [2.05, 4.69) is 64.6 Å². The summed E-state index contributed by atoms with van der Waals surface area (Å²) in [5.41, 5.74) is 4.23. The molecule has 29 heavy (non-hydrogen) atoms. The molecule has 5 heteroatoms. The lowest BCUT2D eigenvalue weighted by Crippen LogP contribution is -2.37. The van der Waals surface area contributed by atoms with E-state index in [1.54, 1.807) is 0 Å². The molecule has 1 fully saturated rings. The van der Waals surface area contributed by atoms with Gasteiger partial charge in [-0.25, -0.2) is 0 Å². The van der Waals surface area contributed by atoms with Crippen LogP contribution in [-0.4, -0.2) is 24.0 Å². The standard InChI is InChI=1S/C24H24ClN3S/c1-18-5-2-3-6-20(18)15-28(21-9-8-19(14-26)24(25)13-21)22-10-11-27(16-22)17-23-7-4-12-29-23/h2-9,12-13,22H,10-11,15-17H2,1H3/t22-/m0/s1. The summed E-state index contributed by atoms with van der Waals surface area (Å²) in [6.45, 7) is 6.14. The van der Waals surface area contributed by atoms with E-state index in [1.807, 2.05) is 29.5 Å². The molecule has 4 rings (SSSR count). The fourth-order valence-corrected chi connectivity index (χ4v) is 4.97. The number of hydrogen-bond donors (Lipinski definition) is 0. The summed E-state index contributed by atoms with van der Waals surface area (Å²) in [7, 11) is 0. The fourth-order valence-electron chi connectivity index (χ4n) is 4.01. The van der Waals surface area contributed by atoms with Crippen LogP contribution >= 0.6 is 22.9 Å². The third-order valence-corrected chi connectivity index (χ3v) is 6.83. The van der Waals surface area contributed by atoms with E-state index < -0.39 is 0 Å². The average molecular weight is 422 g/mol. The number of benzene rings is 2. The molecule has 0 amide bonds. The van der Waals surface area contributed by atoms with Gasteiger partial charge in [-0.2, -0.15) is 5.26 Å². The van der Waals surface area contributed by atoms with Crippen molar-refractivity contribution in [3.63, 3.8) is 0 Å². The number of thiophene rings is 1. The predicted octanol–water partition coefficient (Wildman–Crippen LogP) is 5.86. The van der Waals surface area contributed by atoms with Crippen molar-refractivity contribution >= 4 is 28.6 Å². The van der Waals surface area contributed by atoms with Gasteiger partial charge in [0.15, 0.2) is 0 Å². The molecule has 2 aromatic carbocycles. The Hall–Kier alpha value is -2.32. The first-order chi connectivity index (χ1) is 14.1. The summed E-state index contributed by atoms with van der Waals surface area (Å²) < 4.78 is 0. The lowest BCUT2D eigenvalue weighted by Gasteiger charge is -2.32. The van der Waals surface area contributed by atoms with Crippen LogP contribution in [0.4, 0.5) is 5.69 Å². The van der Waals surface area contributed by atoms with E-state index >= 15 is 0 Å². The van der Waals surface area contributed by atoms with Crippen molar-refractivity contribution in [3.05, 3.63) is 86.6 Å². The van der Waals surface area contributed by atoms with Crippen LogP contribution in [0.25, 0.3) is 0 Å². The molecule has 0 N–H and O–H groups in total. The highest BCUT2D eigenvalue weighted by Crippen LogP contribution is 2.30. The molecule has 3 aromatic rings. The molecule has 0 bridgehead atoms. The fraction of sp³-hybridized carbons (Fsp3) is 0.292. The number of hydrogen-bond acceptors (Lipinski definition) is 4. The maximum atomic E-state index is 9.23. The number of anilines is 1. The monoisotopic (exact) mass is 421 g/mol. The molecule has 0 aliphatic carbocycles. The highest BCUT2D eigenvalue weighted by Gasteiger charge is 2.29. The minimum atomic E-state index is 0.415. The zero-order valence-electron chi connectivity index (χ0n) is 16.5. The van der Waals surface area contributed by atoms with Gasteiger partial charge in [0.2, 0.25) is 0 Å². The number of likely N-dealkylation sites (tertiary alicyclic amines) is 1. The van der Waals surface area contributed by atoms with E-state index in [9.17, 15) is 5.26 Å². The summed E-state index contributed by atoms with van der Waals surface area (Å²) in [6.07, 6.45) is 1.12. The van der Waals surface area contributed by atoms with Gasteiger partial charge >= 0.3 is 0 Å². The van der Waals surface area contributed by atoms with Crippen molar-refractivity contribution in [2.75, 3.05) is 18.0 Å². The molecule has 1 aliphatic heterocycles. The molecule has 1 saturated heterocycles. The van der Waals surface area contributed by atoms with E-state index in [0.29, 0.717) is 16.6 Å². The lowest BCUT2D eigenvalue weighted by atomic mass is 10.1. The summed E-state index contributed by atoms with van der Waals surface area (Å²) >= 11 is 8.20. The Bertz CT molecular complexity index is 1010. The van der Waals surface area contributed by atoms with Gasteiger partial charge in [-0.05, 0) is 54.1 Å². The molecular formula is C24H24ClN3S. The van der Waals surface area contributed by atoms with Gasteiger partial charge in [-0.1, -0.05) is 41.9 Å². The van der Waals surface area contributed by atoms with E-state index in [4.69, 9.17) is 11.6 Å². The first-order valence-corrected chi connectivity index (χ1v) is 11.2. The predicted molar refractivity (Wildman–Crippen MR) is 122 cm³/mol. The Balaban J connectivity index is 1.59. The topological polar surface area (TPSA) is 30.3 Å². The quantitative estimate of drug-likeness (QED) is 0.499. The minimum absolute atomic E-state index is 0.415. The lowest BCUT2D eigenvalue weighted by molar-refractivity contribution is 0.327. The zero-order chi connectivity index (χ0) is 20.2. The molecule has 0 radical (unpaired) electrons. The molecule has 0 saturated carbocycles. The van der Waals surface area contributed by atoms with Gasteiger partial charge in [0.1, 0.15) is 6.07 Å². The molecule has 2 heterocycles. The van der Waals surface area contributed by atoms with Crippen molar-refractivity contribution in [2.24, 2.45) is 0 Å². The van der Waals surface area contributed by atoms with Crippen molar-refractivity contribution in [1.82, 2.24) is 4.90 Å². The Morgan fingerprint density at radius 1 is 1.21 bits per heavy atom. The number of halogens is 1. The molecule has 3 nitrogen and oxygen atoms in total. The van der Waals surface area contributed by atoms with Gasteiger partial charge in [-0.15, -0.1) is 11.3 Å². The van der Waals surface area contributed by atoms with Crippen LogP contribution < -0.4 is 4.90 Å². The summed E-state index contributed by atoms with van der Waals surface area (Å²) in [6, 6.07) is 21.3. The van der Waals surface area contributed by atoms with Crippen molar-refractivity contribution in [1.29, 1.82) is 5.26 Å². The number of rotatable bonds is 6. The van der Waals surface area contributed by atoms with E-state index in [-0.39, 0.29) is 0 Å². The van der Waals surface area contributed by atoms with Gasteiger partial charge in [0, 0.05) is 42.8 Å². The molecule has 1 atom stereocenters. The Labute approximate surface area is 181 Å². The Morgan fingerprint density at radius 3 is 2.79 bits per heavy atom. The maximum absolute atomic E-state index is 9.23. The van der Waals surface area contributed by atoms with Crippen LogP contribution in [0.5, 0.6) is 0 Å². The Kier molecular flexibility index (Phi) is 6.20. The second kappa shape index (κ2) is 9.00. The van der Waals surface area contributed by atoms with Crippen LogP contribution in [0.2, 0.25) is 5.02 Å². The molecule has 0 unspecified atom stereocenters. The van der Waals surface area contributed by atoms with Gasteiger partial charge < -0.3 is 4.90 Å². The zero-order valence-corrected chi connectivity index (χ0v) is 18.1. The third kappa shape index (κ3) is 4.64. The van der Waals surface area contributed by atoms with Gasteiger partial charge in [0.05, 0.1) is 10.6 Å². The van der Waals surface area contributed by atoms with Crippen molar-refractivity contribution in [2.45, 2.75) is 32.5 Å². The van der Waals surface area contributed by atoms with Gasteiger partial charge in [-0.3, -0.25) is 4.90 Å². The largest absolute Gasteiger partial charge is 0.363 e. The first kappa shape index (κ1) is 20.0. The Morgan fingerprint density at radius 2 is 2.07 bits per heavy atom. The number of nitrogens with zero attached hydrogens (tertiary/aromatic N) is 3. The first-order valence-electron chi connectivity index (χ1n) is 9.89. The minimum Gasteiger partial charge on any atom is -0.363 e. The van der Waals surface area contributed by atoms with Crippen LogP contribution in [0, 0.1) is 18.3 Å². The van der Waals surface area contributed by atoms with Gasteiger partial charge in [0.25, 0.3) is 0 Å². The summed E-state index contributed by atoms with van der Waals surface area (Å²) in [4.78, 5) is 6.41. The summed E-state index contributed by atoms with van der Waals surface area (Å²) in [5, 5.41) is 11.9. The number of aryl methyl sites for hydroxylation is 1. The molecule has 1 aliphatic rings. The van der Waals surface area contributed by atoms with E-state index in [0.717, 1.165) is 38.3 Å². The van der Waals surface area contributed by atoms with Crippen molar-refractivity contribution < 1.29 is 0 Å². The molecular weight excluding hydrogens is 398 g/mol. The van der Waals surface area contributed by atoms with Crippen LogP contribution in [-0.2, 0) is 13.1 Å². The van der Waals surface area contributed by atoms with Crippen LogP contribution in [0.15, 0.2) is 60.0 Å². The third-order valence-electron chi connectivity index (χ3n) is 5.65. The molecule has 148 valence electrons.